The van der Waals surface area contributed by atoms with Crippen LogP contribution in [0, 0.1) is 23.2 Å². The second kappa shape index (κ2) is 5.53. The van der Waals surface area contributed by atoms with E-state index in [0.29, 0.717) is 17.3 Å². The maximum atomic E-state index is 10.1. The zero-order chi connectivity index (χ0) is 12.3. The summed E-state index contributed by atoms with van der Waals surface area (Å²) < 4.78 is 0. The summed E-state index contributed by atoms with van der Waals surface area (Å²) >= 11 is 0. The van der Waals surface area contributed by atoms with E-state index in [9.17, 15) is 5.11 Å². The van der Waals surface area contributed by atoms with Crippen molar-refractivity contribution >= 4 is 0 Å². The third-order valence-electron chi connectivity index (χ3n) is 4.95. The van der Waals surface area contributed by atoms with Crippen LogP contribution >= 0.6 is 0 Å². The molecule has 1 rings (SSSR count). The minimum absolute atomic E-state index is 0.0781. The molecule has 1 heteroatoms. The van der Waals surface area contributed by atoms with Gasteiger partial charge >= 0.3 is 0 Å². The Bertz CT molecular complexity index is 199. The molecule has 1 N–H and O–H groups in total. The fraction of sp³-hybridized carbons (Fsp3) is 1.00. The van der Waals surface area contributed by atoms with Gasteiger partial charge in [0.05, 0.1) is 6.10 Å². The molecule has 0 aromatic heterocycles. The maximum absolute atomic E-state index is 10.1. The van der Waals surface area contributed by atoms with E-state index in [-0.39, 0.29) is 6.10 Å². The van der Waals surface area contributed by atoms with Crippen molar-refractivity contribution in [1.82, 2.24) is 0 Å². The molecule has 1 unspecified atom stereocenters. The molecule has 0 saturated heterocycles. The van der Waals surface area contributed by atoms with Crippen molar-refractivity contribution in [2.24, 2.45) is 23.2 Å². The Labute approximate surface area is 102 Å². The maximum Gasteiger partial charge on any atom is 0.0591 e. The molecular formula is C15H30O. The lowest BCUT2D eigenvalue weighted by molar-refractivity contribution is 0.0213. The summed E-state index contributed by atoms with van der Waals surface area (Å²) in [5, 5.41) is 10.1. The summed E-state index contributed by atoms with van der Waals surface area (Å²) in [5.74, 6) is 1.85. The zero-order valence-electron chi connectivity index (χ0n) is 11.8. The molecule has 0 aromatic carbocycles. The van der Waals surface area contributed by atoms with E-state index in [4.69, 9.17) is 0 Å². The van der Waals surface area contributed by atoms with E-state index < -0.39 is 0 Å². The predicted molar refractivity (Wildman–Crippen MR) is 70.4 cm³/mol. The molecule has 0 radical (unpaired) electrons. The average molecular weight is 226 g/mol. The Hall–Kier alpha value is -0.0400. The van der Waals surface area contributed by atoms with Crippen LogP contribution in [0.5, 0.6) is 0 Å². The van der Waals surface area contributed by atoms with E-state index in [2.05, 4.69) is 34.6 Å². The fourth-order valence-corrected chi connectivity index (χ4v) is 3.08. The molecule has 0 heterocycles. The molecule has 0 bridgehead atoms. The van der Waals surface area contributed by atoms with Crippen LogP contribution in [0.15, 0.2) is 0 Å². The summed E-state index contributed by atoms with van der Waals surface area (Å²) in [7, 11) is 0. The fourth-order valence-electron chi connectivity index (χ4n) is 3.08. The molecule has 0 amide bonds. The zero-order valence-corrected chi connectivity index (χ0v) is 11.8. The molecule has 0 spiro atoms. The first-order valence-electron chi connectivity index (χ1n) is 7.06. The van der Waals surface area contributed by atoms with Gasteiger partial charge in [0.15, 0.2) is 0 Å². The molecule has 96 valence electrons. The summed E-state index contributed by atoms with van der Waals surface area (Å²) in [6, 6.07) is 0. The van der Waals surface area contributed by atoms with E-state index in [1.54, 1.807) is 0 Å². The SMILES string of the molecule is CCC(C)(C)C1CCC(C(O)C(C)C)CC1. The van der Waals surface area contributed by atoms with Gasteiger partial charge in [0.25, 0.3) is 0 Å². The molecular weight excluding hydrogens is 196 g/mol. The van der Waals surface area contributed by atoms with Crippen LogP contribution in [0.3, 0.4) is 0 Å². The number of rotatable bonds is 4. The largest absolute Gasteiger partial charge is 0.393 e. The molecule has 1 fully saturated rings. The van der Waals surface area contributed by atoms with Crippen molar-refractivity contribution < 1.29 is 5.11 Å². The monoisotopic (exact) mass is 226 g/mol. The Morgan fingerprint density at radius 2 is 1.62 bits per heavy atom. The van der Waals surface area contributed by atoms with Crippen LogP contribution in [0.4, 0.5) is 0 Å². The first-order chi connectivity index (χ1) is 7.38. The van der Waals surface area contributed by atoms with Gasteiger partial charge in [-0.1, -0.05) is 41.0 Å². The van der Waals surface area contributed by atoms with Crippen LogP contribution in [0.1, 0.15) is 66.7 Å². The molecule has 1 aliphatic carbocycles. The van der Waals surface area contributed by atoms with Crippen molar-refractivity contribution in [3.05, 3.63) is 0 Å². The molecule has 1 atom stereocenters. The number of aliphatic hydroxyl groups excluding tert-OH is 1. The Kier molecular flexibility index (Phi) is 4.85. The first kappa shape index (κ1) is 14.0. The summed E-state index contributed by atoms with van der Waals surface area (Å²) in [6.07, 6.45) is 6.28. The Balaban J connectivity index is 2.45. The van der Waals surface area contributed by atoms with Gasteiger partial charge in [-0.05, 0) is 48.9 Å². The van der Waals surface area contributed by atoms with Crippen molar-refractivity contribution in [1.29, 1.82) is 0 Å². The van der Waals surface area contributed by atoms with Gasteiger partial charge in [-0.25, -0.2) is 0 Å². The van der Waals surface area contributed by atoms with E-state index in [0.717, 1.165) is 5.92 Å². The van der Waals surface area contributed by atoms with Crippen molar-refractivity contribution in [2.75, 3.05) is 0 Å². The molecule has 1 nitrogen and oxygen atoms in total. The highest BCUT2D eigenvalue weighted by molar-refractivity contribution is 4.85. The summed E-state index contributed by atoms with van der Waals surface area (Å²) in [6.45, 7) is 11.4. The second-order valence-electron chi connectivity index (χ2n) is 6.69. The second-order valence-corrected chi connectivity index (χ2v) is 6.69. The van der Waals surface area contributed by atoms with Gasteiger partial charge in [0.1, 0.15) is 0 Å². The lowest BCUT2D eigenvalue weighted by atomic mass is 9.66. The van der Waals surface area contributed by atoms with E-state index in [1.807, 2.05) is 0 Å². The van der Waals surface area contributed by atoms with Crippen molar-refractivity contribution in [2.45, 2.75) is 72.8 Å². The third kappa shape index (κ3) is 3.23. The Morgan fingerprint density at radius 3 is 2.00 bits per heavy atom. The highest BCUT2D eigenvalue weighted by Gasteiger charge is 2.34. The highest BCUT2D eigenvalue weighted by Crippen LogP contribution is 2.43. The quantitative estimate of drug-likeness (QED) is 0.760. The van der Waals surface area contributed by atoms with Crippen molar-refractivity contribution in [3.8, 4) is 0 Å². The molecule has 0 aliphatic heterocycles. The first-order valence-corrected chi connectivity index (χ1v) is 7.06. The highest BCUT2D eigenvalue weighted by atomic mass is 16.3. The van der Waals surface area contributed by atoms with Crippen LogP contribution < -0.4 is 0 Å². The standard InChI is InChI=1S/C15H30O/c1-6-15(4,5)13-9-7-12(8-10-13)14(16)11(2)3/h11-14,16H,6-10H2,1-5H3. The van der Waals surface area contributed by atoms with Gasteiger partial charge in [-0.3, -0.25) is 0 Å². The minimum Gasteiger partial charge on any atom is -0.393 e. The van der Waals surface area contributed by atoms with Crippen molar-refractivity contribution in [3.63, 3.8) is 0 Å². The number of aliphatic hydroxyl groups is 1. The summed E-state index contributed by atoms with van der Waals surface area (Å²) in [4.78, 5) is 0. The van der Waals surface area contributed by atoms with Gasteiger partial charge < -0.3 is 5.11 Å². The number of hydrogen-bond acceptors (Lipinski definition) is 1. The Morgan fingerprint density at radius 1 is 1.12 bits per heavy atom. The van der Waals surface area contributed by atoms with E-state index in [1.165, 1.54) is 32.1 Å². The van der Waals surface area contributed by atoms with Gasteiger partial charge in [0, 0.05) is 0 Å². The minimum atomic E-state index is -0.0781. The normalized spacial score (nSPS) is 29.4. The molecule has 16 heavy (non-hydrogen) atoms. The number of hydrogen-bond donors (Lipinski definition) is 1. The van der Waals surface area contributed by atoms with Gasteiger partial charge in [-0.2, -0.15) is 0 Å². The van der Waals surface area contributed by atoms with E-state index >= 15 is 0 Å². The van der Waals surface area contributed by atoms with Crippen LogP contribution in [0.2, 0.25) is 0 Å². The molecule has 1 saturated carbocycles. The topological polar surface area (TPSA) is 20.2 Å². The van der Waals surface area contributed by atoms with Crippen LogP contribution in [-0.4, -0.2) is 11.2 Å². The van der Waals surface area contributed by atoms with Crippen LogP contribution in [0.25, 0.3) is 0 Å². The lowest BCUT2D eigenvalue weighted by Gasteiger charge is -2.40. The molecule has 1 aliphatic rings. The molecule has 0 aromatic rings. The smallest absolute Gasteiger partial charge is 0.0591 e. The predicted octanol–water partition coefficient (Wildman–Crippen LogP) is 4.25. The van der Waals surface area contributed by atoms with Gasteiger partial charge in [0.2, 0.25) is 0 Å². The van der Waals surface area contributed by atoms with Crippen LogP contribution in [-0.2, 0) is 0 Å². The third-order valence-corrected chi connectivity index (χ3v) is 4.95. The lowest BCUT2D eigenvalue weighted by Crippen LogP contribution is -2.33. The van der Waals surface area contributed by atoms with Gasteiger partial charge in [-0.15, -0.1) is 0 Å². The average Bonchev–Trinajstić information content (AvgIpc) is 2.28. The summed E-state index contributed by atoms with van der Waals surface area (Å²) in [5.41, 5.74) is 0.494.